The van der Waals surface area contributed by atoms with Crippen LogP contribution in [-0.4, -0.2) is 24.9 Å². The SMILES string of the molecule is CC(C)(CO)S(=O)(=O)NCc1ccccc1. The van der Waals surface area contributed by atoms with E-state index in [9.17, 15) is 8.42 Å². The number of hydrogen-bond donors (Lipinski definition) is 2. The normalized spacial score (nSPS) is 12.7. The van der Waals surface area contributed by atoms with Crippen LogP contribution in [0.4, 0.5) is 0 Å². The number of aliphatic hydroxyl groups excluding tert-OH is 1. The van der Waals surface area contributed by atoms with E-state index in [4.69, 9.17) is 5.11 Å². The Morgan fingerprint density at radius 2 is 1.81 bits per heavy atom. The Bertz CT molecular complexity index is 426. The van der Waals surface area contributed by atoms with E-state index in [1.807, 2.05) is 30.3 Å². The fourth-order valence-corrected chi connectivity index (χ4v) is 1.97. The second-order valence-electron chi connectivity index (χ2n) is 4.23. The average Bonchev–Trinajstić information content (AvgIpc) is 2.27. The number of hydrogen-bond acceptors (Lipinski definition) is 3. The van der Waals surface area contributed by atoms with E-state index >= 15 is 0 Å². The fraction of sp³-hybridized carbons (Fsp3) is 0.455. The van der Waals surface area contributed by atoms with Crippen molar-refractivity contribution in [1.29, 1.82) is 0 Å². The monoisotopic (exact) mass is 243 g/mol. The molecule has 1 aromatic rings. The molecule has 4 nitrogen and oxygen atoms in total. The van der Waals surface area contributed by atoms with E-state index in [0.29, 0.717) is 0 Å². The van der Waals surface area contributed by atoms with Gasteiger partial charge < -0.3 is 5.11 Å². The maximum Gasteiger partial charge on any atom is 0.219 e. The summed E-state index contributed by atoms with van der Waals surface area (Å²) in [4.78, 5) is 0. The number of rotatable bonds is 5. The van der Waals surface area contributed by atoms with E-state index in [1.165, 1.54) is 13.8 Å². The van der Waals surface area contributed by atoms with Crippen LogP contribution in [0.2, 0.25) is 0 Å². The first-order valence-electron chi connectivity index (χ1n) is 5.03. The maximum absolute atomic E-state index is 11.8. The quantitative estimate of drug-likeness (QED) is 0.806. The van der Waals surface area contributed by atoms with Gasteiger partial charge in [0.05, 0.1) is 6.61 Å². The van der Waals surface area contributed by atoms with Gasteiger partial charge in [-0.1, -0.05) is 30.3 Å². The lowest BCUT2D eigenvalue weighted by molar-refractivity contribution is 0.257. The fourth-order valence-electron chi connectivity index (χ4n) is 1.05. The first-order valence-corrected chi connectivity index (χ1v) is 6.51. The maximum atomic E-state index is 11.8. The van der Waals surface area contributed by atoms with Gasteiger partial charge in [0.25, 0.3) is 0 Å². The van der Waals surface area contributed by atoms with E-state index in [2.05, 4.69) is 4.72 Å². The number of sulfonamides is 1. The van der Waals surface area contributed by atoms with Crippen LogP contribution >= 0.6 is 0 Å². The Balaban J connectivity index is 2.69. The Morgan fingerprint density at radius 1 is 1.25 bits per heavy atom. The zero-order valence-corrected chi connectivity index (χ0v) is 10.3. The van der Waals surface area contributed by atoms with Gasteiger partial charge in [-0.2, -0.15) is 0 Å². The van der Waals surface area contributed by atoms with Gasteiger partial charge in [0.2, 0.25) is 10.0 Å². The van der Waals surface area contributed by atoms with Crippen molar-refractivity contribution in [2.75, 3.05) is 6.61 Å². The molecule has 16 heavy (non-hydrogen) atoms. The predicted molar refractivity (Wildman–Crippen MR) is 63.4 cm³/mol. The van der Waals surface area contributed by atoms with E-state index in [1.54, 1.807) is 0 Å². The van der Waals surface area contributed by atoms with Crippen molar-refractivity contribution < 1.29 is 13.5 Å². The first-order chi connectivity index (χ1) is 7.39. The van der Waals surface area contributed by atoms with Crippen molar-refractivity contribution in [2.24, 2.45) is 0 Å². The third-order valence-electron chi connectivity index (χ3n) is 2.42. The van der Waals surface area contributed by atoms with Gasteiger partial charge in [0.1, 0.15) is 4.75 Å². The third kappa shape index (κ3) is 3.04. The summed E-state index contributed by atoms with van der Waals surface area (Å²) in [6, 6.07) is 9.25. The number of aliphatic hydroxyl groups is 1. The minimum absolute atomic E-state index is 0.243. The molecule has 0 saturated heterocycles. The van der Waals surface area contributed by atoms with Gasteiger partial charge in [-0.3, -0.25) is 0 Å². The van der Waals surface area contributed by atoms with Crippen LogP contribution in [0.5, 0.6) is 0 Å². The first kappa shape index (κ1) is 13.2. The highest BCUT2D eigenvalue weighted by Crippen LogP contribution is 2.14. The van der Waals surface area contributed by atoms with E-state index in [-0.39, 0.29) is 6.54 Å². The minimum atomic E-state index is -3.51. The molecule has 0 radical (unpaired) electrons. The van der Waals surface area contributed by atoms with Gasteiger partial charge in [0.15, 0.2) is 0 Å². The number of nitrogens with one attached hydrogen (secondary N) is 1. The molecule has 0 aliphatic rings. The van der Waals surface area contributed by atoms with Crippen molar-refractivity contribution in [3.8, 4) is 0 Å². The van der Waals surface area contributed by atoms with Crippen LogP contribution < -0.4 is 4.72 Å². The lowest BCUT2D eigenvalue weighted by Crippen LogP contribution is -2.44. The van der Waals surface area contributed by atoms with Crippen molar-refractivity contribution in [3.05, 3.63) is 35.9 Å². The Morgan fingerprint density at radius 3 is 2.31 bits per heavy atom. The molecule has 0 aliphatic heterocycles. The van der Waals surface area contributed by atoms with Crippen LogP contribution in [0, 0.1) is 0 Å². The summed E-state index contributed by atoms with van der Waals surface area (Å²) in [7, 11) is -3.51. The molecule has 1 aromatic carbocycles. The zero-order chi connectivity index (χ0) is 12.2. The highest BCUT2D eigenvalue weighted by atomic mass is 32.2. The molecule has 0 unspecified atom stereocenters. The van der Waals surface area contributed by atoms with Crippen LogP contribution in [0.1, 0.15) is 19.4 Å². The topological polar surface area (TPSA) is 66.4 Å². The predicted octanol–water partition coefficient (Wildman–Crippen LogP) is 0.877. The smallest absolute Gasteiger partial charge is 0.219 e. The molecule has 90 valence electrons. The summed E-state index contributed by atoms with van der Waals surface area (Å²) in [5.41, 5.74) is 0.889. The Labute approximate surface area is 96.4 Å². The second-order valence-corrected chi connectivity index (χ2v) is 6.63. The average molecular weight is 243 g/mol. The standard InChI is InChI=1S/C11H17NO3S/c1-11(2,9-13)16(14,15)12-8-10-6-4-3-5-7-10/h3-7,12-13H,8-9H2,1-2H3. The highest BCUT2D eigenvalue weighted by molar-refractivity contribution is 7.90. The van der Waals surface area contributed by atoms with Crippen LogP contribution in [-0.2, 0) is 16.6 Å². The second kappa shape index (κ2) is 4.95. The summed E-state index contributed by atoms with van der Waals surface area (Å²) in [6.45, 7) is 2.81. The summed E-state index contributed by atoms with van der Waals surface area (Å²) >= 11 is 0. The van der Waals surface area contributed by atoms with Crippen molar-refractivity contribution >= 4 is 10.0 Å². The van der Waals surface area contributed by atoms with Crippen LogP contribution in [0.3, 0.4) is 0 Å². The summed E-state index contributed by atoms with van der Waals surface area (Å²) < 4.78 is 24.9. The summed E-state index contributed by atoms with van der Waals surface area (Å²) in [6.07, 6.45) is 0. The molecule has 0 amide bonds. The van der Waals surface area contributed by atoms with Gasteiger partial charge in [-0.05, 0) is 19.4 Å². The van der Waals surface area contributed by atoms with Crippen molar-refractivity contribution in [3.63, 3.8) is 0 Å². The van der Waals surface area contributed by atoms with E-state index < -0.39 is 21.4 Å². The van der Waals surface area contributed by atoms with Crippen LogP contribution in [0.15, 0.2) is 30.3 Å². The molecular weight excluding hydrogens is 226 g/mol. The Hall–Kier alpha value is -0.910. The zero-order valence-electron chi connectivity index (χ0n) is 9.47. The summed E-state index contributed by atoms with van der Waals surface area (Å²) in [5.74, 6) is 0. The molecule has 0 aliphatic carbocycles. The molecule has 5 heteroatoms. The molecular formula is C11H17NO3S. The van der Waals surface area contributed by atoms with E-state index in [0.717, 1.165) is 5.56 Å². The summed E-state index contributed by atoms with van der Waals surface area (Å²) in [5, 5.41) is 9.01. The van der Waals surface area contributed by atoms with Gasteiger partial charge in [-0.25, -0.2) is 13.1 Å². The van der Waals surface area contributed by atoms with Crippen molar-refractivity contribution in [1.82, 2.24) is 4.72 Å². The van der Waals surface area contributed by atoms with Crippen LogP contribution in [0.25, 0.3) is 0 Å². The third-order valence-corrected chi connectivity index (χ3v) is 4.53. The lowest BCUT2D eigenvalue weighted by atomic mass is 10.2. The molecule has 0 atom stereocenters. The molecule has 0 bridgehead atoms. The molecule has 0 spiro atoms. The van der Waals surface area contributed by atoms with Crippen molar-refractivity contribution in [2.45, 2.75) is 25.1 Å². The molecule has 2 N–H and O–H groups in total. The molecule has 0 heterocycles. The lowest BCUT2D eigenvalue weighted by Gasteiger charge is -2.22. The number of benzene rings is 1. The molecule has 0 aromatic heterocycles. The minimum Gasteiger partial charge on any atom is -0.395 e. The van der Waals surface area contributed by atoms with Gasteiger partial charge >= 0.3 is 0 Å². The highest BCUT2D eigenvalue weighted by Gasteiger charge is 2.33. The van der Waals surface area contributed by atoms with Gasteiger partial charge in [-0.15, -0.1) is 0 Å². The largest absolute Gasteiger partial charge is 0.395 e. The molecule has 0 saturated carbocycles. The molecule has 0 fully saturated rings. The Kier molecular flexibility index (Phi) is 4.07. The molecule has 1 rings (SSSR count). The van der Waals surface area contributed by atoms with Gasteiger partial charge in [0, 0.05) is 6.54 Å².